The Morgan fingerprint density at radius 1 is 1.16 bits per heavy atom. The molecule has 19 heavy (non-hydrogen) atoms. The molecule has 0 aromatic heterocycles. The number of nitrogens with one attached hydrogen (secondary N) is 2. The molecule has 1 unspecified atom stereocenters. The predicted octanol–water partition coefficient (Wildman–Crippen LogP) is 0.347. The van der Waals surface area contributed by atoms with E-state index in [0.29, 0.717) is 39.3 Å². The van der Waals surface area contributed by atoms with E-state index in [1.165, 1.54) is 0 Å². The number of methoxy groups -OCH3 is 1. The minimum atomic E-state index is -3.23. The van der Waals surface area contributed by atoms with Gasteiger partial charge < -0.3 is 14.8 Å². The van der Waals surface area contributed by atoms with Crippen LogP contribution in [-0.2, 0) is 19.5 Å². The van der Waals surface area contributed by atoms with Crippen LogP contribution in [0.2, 0.25) is 0 Å². The zero-order valence-electron chi connectivity index (χ0n) is 12.3. The molecule has 0 aliphatic carbocycles. The SMILES string of the molecule is CCCNCC(C)S(=O)(=O)NCCCOCCOC. The molecule has 0 bridgehead atoms. The van der Waals surface area contributed by atoms with Crippen LogP contribution in [0.25, 0.3) is 0 Å². The standard InChI is InChI=1S/C12H28N2O4S/c1-4-6-13-11-12(2)19(15,16)14-7-5-8-18-10-9-17-3/h12-14H,4-11H2,1-3H3. The largest absolute Gasteiger partial charge is 0.382 e. The Bertz CT molecular complexity index is 296. The van der Waals surface area contributed by atoms with Crippen LogP contribution in [-0.4, -0.2) is 60.2 Å². The Morgan fingerprint density at radius 3 is 2.53 bits per heavy atom. The van der Waals surface area contributed by atoms with Gasteiger partial charge in [-0.3, -0.25) is 0 Å². The van der Waals surface area contributed by atoms with Gasteiger partial charge in [0.1, 0.15) is 0 Å². The van der Waals surface area contributed by atoms with E-state index in [1.54, 1.807) is 14.0 Å². The molecular weight excluding hydrogens is 268 g/mol. The van der Waals surface area contributed by atoms with Crippen molar-refractivity contribution in [1.29, 1.82) is 0 Å². The molecule has 0 rings (SSSR count). The van der Waals surface area contributed by atoms with E-state index in [4.69, 9.17) is 9.47 Å². The van der Waals surface area contributed by atoms with Gasteiger partial charge in [-0.1, -0.05) is 6.92 Å². The molecule has 1 atom stereocenters. The summed E-state index contributed by atoms with van der Waals surface area (Å²) in [7, 11) is -1.61. The zero-order valence-corrected chi connectivity index (χ0v) is 13.1. The van der Waals surface area contributed by atoms with Gasteiger partial charge in [0.2, 0.25) is 10.0 Å². The van der Waals surface area contributed by atoms with Crippen LogP contribution < -0.4 is 10.0 Å². The van der Waals surface area contributed by atoms with Crippen molar-refractivity contribution in [2.75, 3.05) is 46.6 Å². The van der Waals surface area contributed by atoms with Gasteiger partial charge in [-0.05, 0) is 26.3 Å². The molecule has 0 aromatic rings. The maximum Gasteiger partial charge on any atom is 0.215 e. The molecule has 6 nitrogen and oxygen atoms in total. The first-order valence-corrected chi connectivity index (χ1v) is 8.35. The van der Waals surface area contributed by atoms with Gasteiger partial charge >= 0.3 is 0 Å². The van der Waals surface area contributed by atoms with E-state index in [0.717, 1.165) is 13.0 Å². The van der Waals surface area contributed by atoms with Crippen molar-refractivity contribution >= 4 is 10.0 Å². The van der Waals surface area contributed by atoms with Gasteiger partial charge in [-0.15, -0.1) is 0 Å². The highest BCUT2D eigenvalue weighted by Crippen LogP contribution is 1.97. The Labute approximate surface area is 117 Å². The summed E-state index contributed by atoms with van der Waals surface area (Å²) in [6, 6.07) is 0. The summed E-state index contributed by atoms with van der Waals surface area (Å²) < 4.78 is 36.4. The molecule has 116 valence electrons. The molecule has 2 N–H and O–H groups in total. The molecule has 0 fully saturated rings. The van der Waals surface area contributed by atoms with Crippen LogP contribution in [0, 0.1) is 0 Å². The Balaban J connectivity index is 3.66. The van der Waals surface area contributed by atoms with Gasteiger partial charge in [0.25, 0.3) is 0 Å². The van der Waals surface area contributed by atoms with Gasteiger partial charge in [0.05, 0.1) is 18.5 Å². The smallest absolute Gasteiger partial charge is 0.215 e. The molecule has 0 amide bonds. The molecule has 0 saturated heterocycles. The van der Waals surface area contributed by atoms with Crippen LogP contribution in [0.1, 0.15) is 26.7 Å². The number of rotatable bonds is 13. The molecule has 0 aliphatic rings. The molecule has 0 heterocycles. The maximum absolute atomic E-state index is 11.8. The maximum atomic E-state index is 11.8. The summed E-state index contributed by atoms with van der Waals surface area (Å²) in [6.45, 7) is 7.13. The third-order valence-electron chi connectivity index (χ3n) is 2.59. The highest BCUT2D eigenvalue weighted by atomic mass is 32.2. The first-order chi connectivity index (χ1) is 9.04. The fraction of sp³-hybridized carbons (Fsp3) is 1.00. The van der Waals surface area contributed by atoms with Crippen molar-refractivity contribution in [1.82, 2.24) is 10.0 Å². The molecule has 0 spiro atoms. The van der Waals surface area contributed by atoms with Gasteiger partial charge in [0.15, 0.2) is 0 Å². The predicted molar refractivity (Wildman–Crippen MR) is 76.9 cm³/mol. The normalized spacial score (nSPS) is 13.6. The first-order valence-electron chi connectivity index (χ1n) is 6.80. The van der Waals surface area contributed by atoms with Crippen molar-refractivity contribution in [2.45, 2.75) is 31.9 Å². The first kappa shape index (κ1) is 18.8. The highest BCUT2D eigenvalue weighted by Gasteiger charge is 2.19. The Hall–Kier alpha value is -0.210. The summed E-state index contributed by atoms with van der Waals surface area (Å²) in [4.78, 5) is 0. The lowest BCUT2D eigenvalue weighted by molar-refractivity contribution is 0.0699. The van der Waals surface area contributed by atoms with E-state index in [-0.39, 0.29) is 0 Å². The van der Waals surface area contributed by atoms with Crippen LogP contribution in [0.3, 0.4) is 0 Å². The van der Waals surface area contributed by atoms with E-state index in [2.05, 4.69) is 10.0 Å². The number of hydrogen-bond donors (Lipinski definition) is 2. The average molecular weight is 296 g/mol. The minimum absolute atomic E-state index is 0.410. The minimum Gasteiger partial charge on any atom is -0.382 e. The summed E-state index contributed by atoms with van der Waals surface area (Å²) in [5.74, 6) is 0. The van der Waals surface area contributed by atoms with E-state index in [1.807, 2.05) is 6.92 Å². The van der Waals surface area contributed by atoms with Crippen LogP contribution >= 0.6 is 0 Å². The zero-order chi connectivity index (χ0) is 14.6. The molecule has 0 saturated carbocycles. The summed E-state index contributed by atoms with van der Waals surface area (Å²) in [5.41, 5.74) is 0. The topological polar surface area (TPSA) is 76.7 Å². The van der Waals surface area contributed by atoms with Crippen LogP contribution in [0.5, 0.6) is 0 Å². The van der Waals surface area contributed by atoms with Crippen LogP contribution in [0.15, 0.2) is 0 Å². The number of hydrogen-bond acceptors (Lipinski definition) is 5. The lowest BCUT2D eigenvalue weighted by Crippen LogP contribution is -2.39. The van der Waals surface area contributed by atoms with Crippen molar-refractivity contribution in [3.63, 3.8) is 0 Å². The van der Waals surface area contributed by atoms with Gasteiger partial charge in [-0.25, -0.2) is 13.1 Å². The van der Waals surface area contributed by atoms with Crippen molar-refractivity contribution in [3.8, 4) is 0 Å². The third kappa shape index (κ3) is 10.3. The second-order valence-electron chi connectivity index (χ2n) is 4.41. The van der Waals surface area contributed by atoms with Crippen LogP contribution in [0.4, 0.5) is 0 Å². The summed E-state index contributed by atoms with van der Waals surface area (Å²) >= 11 is 0. The van der Waals surface area contributed by atoms with E-state index in [9.17, 15) is 8.42 Å². The van der Waals surface area contributed by atoms with E-state index >= 15 is 0 Å². The fourth-order valence-electron chi connectivity index (χ4n) is 1.37. The average Bonchev–Trinajstić information content (AvgIpc) is 2.37. The van der Waals surface area contributed by atoms with Crippen molar-refractivity contribution < 1.29 is 17.9 Å². The quantitative estimate of drug-likeness (QED) is 0.480. The summed E-state index contributed by atoms with van der Waals surface area (Å²) in [5, 5.41) is 2.69. The van der Waals surface area contributed by atoms with Gasteiger partial charge in [0, 0.05) is 26.8 Å². The molecule has 0 radical (unpaired) electrons. The van der Waals surface area contributed by atoms with E-state index < -0.39 is 15.3 Å². The molecule has 0 aromatic carbocycles. The highest BCUT2D eigenvalue weighted by molar-refractivity contribution is 7.90. The number of ether oxygens (including phenoxy) is 2. The number of sulfonamides is 1. The second kappa shape index (κ2) is 11.6. The monoisotopic (exact) mass is 296 g/mol. The Kier molecular flexibility index (Phi) is 11.5. The molecular formula is C12H28N2O4S. The lowest BCUT2D eigenvalue weighted by Gasteiger charge is -2.14. The third-order valence-corrected chi connectivity index (χ3v) is 4.42. The second-order valence-corrected chi connectivity index (χ2v) is 6.60. The Morgan fingerprint density at radius 2 is 1.89 bits per heavy atom. The summed E-state index contributed by atoms with van der Waals surface area (Å²) in [6.07, 6.45) is 1.66. The molecule has 7 heteroatoms. The van der Waals surface area contributed by atoms with Crippen molar-refractivity contribution in [2.24, 2.45) is 0 Å². The molecule has 0 aliphatic heterocycles. The van der Waals surface area contributed by atoms with Crippen molar-refractivity contribution in [3.05, 3.63) is 0 Å². The lowest BCUT2D eigenvalue weighted by atomic mass is 10.4. The fourth-order valence-corrected chi connectivity index (χ4v) is 2.42. The van der Waals surface area contributed by atoms with Gasteiger partial charge in [-0.2, -0.15) is 0 Å².